The highest BCUT2D eigenvalue weighted by molar-refractivity contribution is 7.99. The van der Waals surface area contributed by atoms with Crippen LogP contribution in [0.1, 0.15) is 21.9 Å². The fourth-order valence-corrected chi connectivity index (χ4v) is 3.65. The number of hydrogen-bond acceptors (Lipinski definition) is 3. The van der Waals surface area contributed by atoms with Gasteiger partial charge in [-0.3, -0.25) is 0 Å². The highest BCUT2D eigenvalue weighted by Gasteiger charge is 2.23. The molecule has 1 unspecified atom stereocenters. The molecule has 2 nitrogen and oxygen atoms in total. The SMILES string of the molecule is COc1cc(C)c(Cl)c(C)c1C1CNCCS1. The normalized spacial score (nSPS) is 20.4. The third-order valence-electron chi connectivity index (χ3n) is 3.16. The number of ether oxygens (including phenoxy) is 1. The lowest BCUT2D eigenvalue weighted by Crippen LogP contribution is -2.28. The van der Waals surface area contributed by atoms with E-state index in [1.165, 1.54) is 5.56 Å². The van der Waals surface area contributed by atoms with E-state index in [1.807, 2.05) is 24.8 Å². The van der Waals surface area contributed by atoms with E-state index in [1.54, 1.807) is 7.11 Å². The molecule has 1 heterocycles. The van der Waals surface area contributed by atoms with Gasteiger partial charge in [-0.15, -0.1) is 0 Å². The van der Waals surface area contributed by atoms with Gasteiger partial charge in [-0.2, -0.15) is 11.8 Å². The first-order valence-corrected chi connectivity index (χ1v) is 7.23. The lowest BCUT2D eigenvalue weighted by atomic mass is 10.0. The van der Waals surface area contributed by atoms with Crippen LogP contribution in [0.5, 0.6) is 5.75 Å². The molecule has 1 fully saturated rings. The summed E-state index contributed by atoms with van der Waals surface area (Å²) in [5, 5.41) is 4.74. The van der Waals surface area contributed by atoms with Gasteiger partial charge in [0, 0.05) is 34.7 Å². The van der Waals surface area contributed by atoms with Gasteiger partial charge in [-0.1, -0.05) is 11.6 Å². The van der Waals surface area contributed by atoms with Gasteiger partial charge in [0.1, 0.15) is 5.75 Å². The van der Waals surface area contributed by atoms with Gasteiger partial charge >= 0.3 is 0 Å². The van der Waals surface area contributed by atoms with Crippen LogP contribution in [0, 0.1) is 13.8 Å². The second-order valence-corrected chi connectivity index (χ2v) is 6.00. The largest absolute Gasteiger partial charge is 0.496 e. The minimum absolute atomic E-state index is 0.441. The van der Waals surface area contributed by atoms with Crippen LogP contribution in [0.2, 0.25) is 5.02 Å². The predicted molar refractivity (Wildman–Crippen MR) is 75.5 cm³/mol. The average Bonchev–Trinajstić information content (AvgIpc) is 2.36. The molecular formula is C13H18ClNOS. The van der Waals surface area contributed by atoms with Crippen LogP contribution >= 0.6 is 23.4 Å². The third kappa shape index (κ3) is 2.56. The Balaban J connectivity index is 2.46. The molecule has 0 aromatic heterocycles. The van der Waals surface area contributed by atoms with Gasteiger partial charge in [0.2, 0.25) is 0 Å². The van der Waals surface area contributed by atoms with Crippen molar-refractivity contribution in [3.63, 3.8) is 0 Å². The molecule has 0 aliphatic carbocycles. The fraction of sp³-hybridized carbons (Fsp3) is 0.538. The molecule has 1 N–H and O–H groups in total. The van der Waals surface area contributed by atoms with Crippen molar-refractivity contribution in [2.45, 2.75) is 19.1 Å². The first kappa shape index (κ1) is 13.1. The maximum absolute atomic E-state index is 6.35. The standard InChI is InChI=1S/C13H18ClNOS/c1-8-6-10(16-3)12(9(2)13(8)14)11-7-15-4-5-17-11/h6,11,15H,4-5,7H2,1-3H3. The molecule has 1 aromatic carbocycles. The van der Waals surface area contributed by atoms with Gasteiger partial charge in [0.15, 0.2) is 0 Å². The van der Waals surface area contributed by atoms with Crippen molar-refractivity contribution in [2.75, 3.05) is 26.0 Å². The van der Waals surface area contributed by atoms with Gasteiger partial charge < -0.3 is 10.1 Å². The van der Waals surface area contributed by atoms with Crippen molar-refractivity contribution in [3.05, 3.63) is 27.8 Å². The summed E-state index contributed by atoms with van der Waals surface area (Å²) < 4.78 is 5.52. The van der Waals surface area contributed by atoms with E-state index >= 15 is 0 Å². The molecule has 1 aliphatic rings. The zero-order valence-electron chi connectivity index (χ0n) is 10.5. The Hall–Kier alpha value is -0.380. The summed E-state index contributed by atoms with van der Waals surface area (Å²) in [4.78, 5) is 0. The minimum atomic E-state index is 0.441. The van der Waals surface area contributed by atoms with Crippen LogP contribution in [0.4, 0.5) is 0 Å². The Morgan fingerprint density at radius 3 is 2.82 bits per heavy atom. The maximum Gasteiger partial charge on any atom is 0.123 e. The lowest BCUT2D eigenvalue weighted by Gasteiger charge is -2.26. The Kier molecular flexibility index (Phi) is 4.23. The summed E-state index contributed by atoms with van der Waals surface area (Å²) in [5.74, 6) is 2.10. The second kappa shape index (κ2) is 5.51. The molecule has 2 rings (SSSR count). The molecule has 1 saturated heterocycles. The quantitative estimate of drug-likeness (QED) is 0.891. The number of hydrogen-bond donors (Lipinski definition) is 1. The molecule has 1 aromatic rings. The summed E-state index contributed by atoms with van der Waals surface area (Å²) in [7, 11) is 1.73. The number of nitrogens with one attached hydrogen (secondary N) is 1. The Bertz CT molecular complexity index is 416. The van der Waals surface area contributed by atoms with Crippen LogP contribution in [-0.2, 0) is 0 Å². The minimum Gasteiger partial charge on any atom is -0.496 e. The summed E-state index contributed by atoms with van der Waals surface area (Å²) in [6, 6.07) is 2.04. The van der Waals surface area contributed by atoms with E-state index < -0.39 is 0 Å². The molecule has 0 amide bonds. The molecule has 4 heteroatoms. The lowest BCUT2D eigenvalue weighted by molar-refractivity contribution is 0.407. The van der Waals surface area contributed by atoms with Crippen LogP contribution in [0.15, 0.2) is 6.07 Å². The van der Waals surface area contributed by atoms with Crippen molar-refractivity contribution in [2.24, 2.45) is 0 Å². The molecule has 94 valence electrons. The second-order valence-electron chi connectivity index (χ2n) is 4.31. The van der Waals surface area contributed by atoms with Gasteiger partial charge in [0.05, 0.1) is 7.11 Å². The molecule has 0 spiro atoms. The Morgan fingerprint density at radius 1 is 1.47 bits per heavy atom. The summed E-state index contributed by atoms with van der Waals surface area (Å²) >= 11 is 8.32. The van der Waals surface area contributed by atoms with Crippen LogP contribution in [0.25, 0.3) is 0 Å². The Labute approximate surface area is 112 Å². The number of rotatable bonds is 2. The summed E-state index contributed by atoms with van der Waals surface area (Å²) in [6.07, 6.45) is 0. The van der Waals surface area contributed by atoms with Gasteiger partial charge in [-0.05, 0) is 31.0 Å². The van der Waals surface area contributed by atoms with Gasteiger partial charge in [-0.25, -0.2) is 0 Å². The first-order chi connectivity index (χ1) is 8.15. The molecule has 0 bridgehead atoms. The van der Waals surface area contributed by atoms with Crippen molar-refractivity contribution in [1.82, 2.24) is 5.32 Å². The van der Waals surface area contributed by atoms with Crippen LogP contribution < -0.4 is 10.1 Å². The van der Waals surface area contributed by atoms with Crippen molar-refractivity contribution in [3.8, 4) is 5.75 Å². The van der Waals surface area contributed by atoms with E-state index in [0.29, 0.717) is 5.25 Å². The number of aryl methyl sites for hydroxylation is 1. The molecular weight excluding hydrogens is 254 g/mol. The van der Waals surface area contributed by atoms with E-state index in [2.05, 4.69) is 12.2 Å². The fourth-order valence-electron chi connectivity index (χ4n) is 2.26. The number of halogens is 1. The Morgan fingerprint density at radius 2 is 2.24 bits per heavy atom. The van der Waals surface area contributed by atoms with Crippen LogP contribution in [-0.4, -0.2) is 26.0 Å². The summed E-state index contributed by atoms with van der Waals surface area (Å²) in [6.45, 7) is 6.18. The first-order valence-electron chi connectivity index (χ1n) is 5.81. The van der Waals surface area contributed by atoms with E-state index in [0.717, 1.165) is 40.7 Å². The van der Waals surface area contributed by atoms with Crippen molar-refractivity contribution < 1.29 is 4.74 Å². The van der Waals surface area contributed by atoms with E-state index in [4.69, 9.17) is 16.3 Å². The zero-order chi connectivity index (χ0) is 12.4. The molecule has 1 atom stereocenters. The predicted octanol–water partition coefficient (Wildman–Crippen LogP) is 3.34. The third-order valence-corrected chi connectivity index (χ3v) is 4.99. The van der Waals surface area contributed by atoms with Crippen molar-refractivity contribution in [1.29, 1.82) is 0 Å². The number of benzene rings is 1. The molecule has 0 radical (unpaired) electrons. The zero-order valence-corrected chi connectivity index (χ0v) is 12.0. The highest BCUT2D eigenvalue weighted by atomic mass is 35.5. The monoisotopic (exact) mass is 271 g/mol. The van der Waals surface area contributed by atoms with Gasteiger partial charge in [0.25, 0.3) is 0 Å². The maximum atomic E-state index is 6.35. The highest BCUT2D eigenvalue weighted by Crippen LogP contribution is 2.41. The van der Waals surface area contributed by atoms with Crippen LogP contribution in [0.3, 0.4) is 0 Å². The number of thioether (sulfide) groups is 1. The number of methoxy groups -OCH3 is 1. The smallest absolute Gasteiger partial charge is 0.123 e. The molecule has 17 heavy (non-hydrogen) atoms. The topological polar surface area (TPSA) is 21.3 Å². The van der Waals surface area contributed by atoms with Crippen molar-refractivity contribution >= 4 is 23.4 Å². The average molecular weight is 272 g/mol. The summed E-state index contributed by atoms with van der Waals surface area (Å²) in [5.41, 5.74) is 3.49. The van der Waals surface area contributed by atoms with E-state index in [-0.39, 0.29) is 0 Å². The molecule has 1 aliphatic heterocycles. The van der Waals surface area contributed by atoms with E-state index in [9.17, 15) is 0 Å². The molecule has 0 saturated carbocycles.